The van der Waals surface area contributed by atoms with Crippen molar-refractivity contribution in [3.05, 3.63) is 90.5 Å². The molecule has 92 valence electrons. The summed E-state index contributed by atoms with van der Waals surface area (Å²) in [5, 5.41) is 0. The molecule has 0 saturated heterocycles. The molecule has 0 heterocycles. The second-order valence-corrected chi connectivity index (χ2v) is 4.79. The van der Waals surface area contributed by atoms with Gasteiger partial charge in [0.25, 0.3) is 0 Å². The lowest BCUT2D eigenvalue weighted by molar-refractivity contribution is 1.22. The van der Waals surface area contributed by atoms with Gasteiger partial charge in [-0.3, -0.25) is 0 Å². The average molecular weight is 244 g/mol. The van der Waals surface area contributed by atoms with Crippen molar-refractivity contribution in [2.75, 3.05) is 0 Å². The van der Waals surface area contributed by atoms with E-state index >= 15 is 0 Å². The van der Waals surface area contributed by atoms with Gasteiger partial charge in [0.15, 0.2) is 0 Å². The summed E-state index contributed by atoms with van der Waals surface area (Å²) in [7, 11) is 0. The first-order valence-corrected chi connectivity index (χ1v) is 6.50. The molecule has 0 nitrogen and oxygen atoms in total. The maximum atomic E-state index is 4.28. The molecule has 19 heavy (non-hydrogen) atoms. The fraction of sp³-hybridized carbons (Fsp3) is 0.0526. The van der Waals surface area contributed by atoms with Crippen LogP contribution < -0.4 is 0 Å². The highest BCUT2D eigenvalue weighted by Crippen LogP contribution is 2.39. The van der Waals surface area contributed by atoms with E-state index in [1.807, 2.05) is 6.08 Å². The Kier molecular flexibility index (Phi) is 2.92. The lowest BCUT2D eigenvalue weighted by Crippen LogP contribution is -1.90. The van der Waals surface area contributed by atoms with Crippen molar-refractivity contribution in [3.8, 4) is 11.1 Å². The van der Waals surface area contributed by atoms with Crippen LogP contribution in [0.2, 0.25) is 0 Å². The Morgan fingerprint density at radius 1 is 0.842 bits per heavy atom. The zero-order valence-electron chi connectivity index (χ0n) is 10.9. The van der Waals surface area contributed by atoms with Crippen LogP contribution in [-0.2, 0) is 6.42 Å². The van der Waals surface area contributed by atoms with E-state index in [1.165, 1.54) is 27.8 Å². The summed E-state index contributed by atoms with van der Waals surface area (Å²) >= 11 is 0. The molecule has 0 fully saturated rings. The summed E-state index contributed by atoms with van der Waals surface area (Å²) in [6.07, 6.45) is 4.83. The van der Waals surface area contributed by atoms with Crippen LogP contribution in [0, 0.1) is 0 Å². The first-order chi connectivity index (χ1) is 9.31. The molecule has 1 aliphatic carbocycles. The molecule has 0 saturated carbocycles. The van der Waals surface area contributed by atoms with Crippen LogP contribution in [0.15, 0.2) is 79.4 Å². The smallest absolute Gasteiger partial charge is 0.00137 e. The van der Waals surface area contributed by atoms with E-state index in [4.69, 9.17) is 0 Å². The predicted molar refractivity (Wildman–Crippen MR) is 82.9 cm³/mol. The van der Waals surface area contributed by atoms with Crippen LogP contribution in [0.5, 0.6) is 0 Å². The van der Waals surface area contributed by atoms with Gasteiger partial charge in [0.2, 0.25) is 0 Å². The van der Waals surface area contributed by atoms with Crippen LogP contribution in [0.3, 0.4) is 0 Å². The van der Waals surface area contributed by atoms with E-state index in [-0.39, 0.29) is 0 Å². The molecule has 0 spiro atoms. The summed E-state index contributed by atoms with van der Waals surface area (Å²) in [5.41, 5.74) is 7.50. The first-order valence-electron chi connectivity index (χ1n) is 6.50. The van der Waals surface area contributed by atoms with Crippen LogP contribution in [0.4, 0.5) is 0 Å². The highest BCUT2D eigenvalue weighted by Gasteiger charge is 2.18. The molecule has 0 atom stereocenters. The van der Waals surface area contributed by atoms with E-state index in [0.29, 0.717) is 0 Å². The summed E-state index contributed by atoms with van der Waals surface area (Å²) < 4.78 is 0. The maximum absolute atomic E-state index is 4.28. The van der Waals surface area contributed by atoms with Gasteiger partial charge in [0.05, 0.1) is 0 Å². The second kappa shape index (κ2) is 4.74. The molecular formula is C19H16. The molecular weight excluding hydrogens is 228 g/mol. The lowest BCUT2D eigenvalue weighted by atomic mass is 9.95. The number of fused-ring (bicyclic) bond motifs is 3. The van der Waals surface area contributed by atoms with Gasteiger partial charge in [0, 0.05) is 0 Å². The van der Waals surface area contributed by atoms with Gasteiger partial charge in [-0.25, -0.2) is 0 Å². The standard InChI is InChI=1S/C19H16/c1-3-8-15-13-16-9-4-5-11-18(16)19-12-7-6-10-17(19)14(15)2/h3-12H,1-2,13H2/b15-8-. The zero-order chi connectivity index (χ0) is 13.2. The molecule has 2 aromatic rings. The molecule has 0 radical (unpaired) electrons. The fourth-order valence-electron chi connectivity index (χ4n) is 2.70. The van der Waals surface area contributed by atoms with Crippen molar-refractivity contribution in [1.82, 2.24) is 0 Å². The van der Waals surface area contributed by atoms with E-state index in [9.17, 15) is 0 Å². The Hall–Kier alpha value is -2.34. The third kappa shape index (κ3) is 1.96. The minimum Gasteiger partial charge on any atom is -0.0991 e. The van der Waals surface area contributed by atoms with Crippen molar-refractivity contribution in [2.24, 2.45) is 0 Å². The first kappa shape index (κ1) is 11.7. The second-order valence-electron chi connectivity index (χ2n) is 4.79. The van der Waals surface area contributed by atoms with Crippen molar-refractivity contribution < 1.29 is 0 Å². The Labute approximate surface area is 114 Å². The molecule has 0 bridgehead atoms. The van der Waals surface area contributed by atoms with Gasteiger partial charge in [-0.15, -0.1) is 0 Å². The monoisotopic (exact) mass is 244 g/mol. The zero-order valence-corrected chi connectivity index (χ0v) is 10.9. The molecule has 0 aliphatic heterocycles. The summed E-state index contributed by atoms with van der Waals surface area (Å²) in [6, 6.07) is 17.1. The maximum Gasteiger partial charge on any atom is -0.00137 e. The van der Waals surface area contributed by atoms with Gasteiger partial charge in [0.1, 0.15) is 0 Å². The van der Waals surface area contributed by atoms with Crippen molar-refractivity contribution in [2.45, 2.75) is 6.42 Å². The van der Waals surface area contributed by atoms with Crippen molar-refractivity contribution in [1.29, 1.82) is 0 Å². The minimum absolute atomic E-state index is 0.912. The highest BCUT2D eigenvalue weighted by molar-refractivity contribution is 5.91. The molecule has 1 aliphatic rings. The number of hydrogen-bond acceptors (Lipinski definition) is 0. The predicted octanol–water partition coefficient (Wildman–Crippen LogP) is 5.04. The molecule has 0 heteroatoms. The number of rotatable bonds is 1. The van der Waals surface area contributed by atoms with E-state index in [0.717, 1.165) is 12.0 Å². The fourth-order valence-corrected chi connectivity index (χ4v) is 2.70. The van der Waals surface area contributed by atoms with Crippen molar-refractivity contribution in [3.63, 3.8) is 0 Å². The number of hydrogen-bond donors (Lipinski definition) is 0. The average Bonchev–Trinajstić information content (AvgIpc) is 2.57. The van der Waals surface area contributed by atoms with E-state index < -0.39 is 0 Å². The summed E-state index contributed by atoms with van der Waals surface area (Å²) in [4.78, 5) is 0. The topological polar surface area (TPSA) is 0 Å². The van der Waals surface area contributed by atoms with Crippen LogP contribution in [-0.4, -0.2) is 0 Å². The SMILES string of the molecule is C=C/C=C1/Cc2ccccc2-c2ccccc2C1=C. The third-order valence-corrected chi connectivity index (χ3v) is 3.65. The van der Waals surface area contributed by atoms with Gasteiger partial charge >= 0.3 is 0 Å². The van der Waals surface area contributed by atoms with E-state index in [1.54, 1.807) is 0 Å². The van der Waals surface area contributed by atoms with Crippen LogP contribution in [0.25, 0.3) is 16.7 Å². The van der Waals surface area contributed by atoms with Gasteiger partial charge in [-0.05, 0) is 39.8 Å². The molecule has 0 aromatic heterocycles. The Balaban J connectivity index is 2.33. The third-order valence-electron chi connectivity index (χ3n) is 3.65. The molecule has 0 N–H and O–H groups in total. The normalized spacial score (nSPS) is 15.6. The number of benzene rings is 2. The molecule has 3 rings (SSSR count). The van der Waals surface area contributed by atoms with Crippen LogP contribution in [0.1, 0.15) is 11.1 Å². The van der Waals surface area contributed by atoms with Crippen molar-refractivity contribution >= 4 is 5.57 Å². The molecule has 2 aromatic carbocycles. The Morgan fingerprint density at radius 3 is 2.21 bits per heavy atom. The Morgan fingerprint density at radius 2 is 1.47 bits per heavy atom. The lowest BCUT2D eigenvalue weighted by Gasteiger charge is -2.09. The van der Waals surface area contributed by atoms with Gasteiger partial charge in [-0.1, -0.05) is 73.8 Å². The van der Waals surface area contributed by atoms with Gasteiger partial charge < -0.3 is 0 Å². The Bertz CT molecular complexity index is 687. The number of allylic oxidation sites excluding steroid dienone is 4. The minimum atomic E-state index is 0.912. The quantitative estimate of drug-likeness (QED) is 0.659. The summed E-state index contributed by atoms with van der Waals surface area (Å²) in [5.74, 6) is 0. The van der Waals surface area contributed by atoms with Crippen LogP contribution >= 0.6 is 0 Å². The molecule has 0 amide bonds. The molecule has 0 unspecified atom stereocenters. The largest absolute Gasteiger partial charge is 0.0991 e. The summed E-state index contributed by atoms with van der Waals surface area (Å²) in [6.45, 7) is 8.10. The van der Waals surface area contributed by atoms with E-state index in [2.05, 4.69) is 67.8 Å². The highest BCUT2D eigenvalue weighted by atomic mass is 14.2. The van der Waals surface area contributed by atoms with Gasteiger partial charge in [-0.2, -0.15) is 0 Å².